The summed E-state index contributed by atoms with van der Waals surface area (Å²) >= 11 is 10.8. The van der Waals surface area contributed by atoms with Crippen LogP contribution in [-0.4, -0.2) is 47.2 Å². The maximum Gasteiger partial charge on any atom is 0.216 e. The zero-order valence-corrected chi connectivity index (χ0v) is 21.1. The molecule has 3 heterocycles. The average Bonchev–Trinajstić information content (AvgIpc) is 3.45. The van der Waals surface area contributed by atoms with Crippen LogP contribution in [0.3, 0.4) is 0 Å². The minimum Gasteiger partial charge on any atom is -0.250 e. The molecule has 2 N–H and O–H groups in total. The summed E-state index contributed by atoms with van der Waals surface area (Å²) in [5, 5.41) is 23.3. The fourth-order valence-electron chi connectivity index (χ4n) is 3.37. The lowest BCUT2D eigenvalue weighted by atomic mass is 10.2. The van der Waals surface area contributed by atoms with E-state index in [-0.39, 0.29) is 0 Å². The van der Waals surface area contributed by atoms with Gasteiger partial charge in [0.1, 0.15) is 11.4 Å². The molecule has 0 aliphatic carbocycles. The summed E-state index contributed by atoms with van der Waals surface area (Å²) in [5.41, 5.74) is 5.36. The number of benzene rings is 2. The Bertz CT molecular complexity index is 1560. The molecule has 0 bridgehead atoms. The molecule has 0 saturated heterocycles. The molecule has 5 aromatic rings. The van der Waals surface area contributed by atoms with Gasteiger partial charge in [-0.25, -0.2) is 15.2 Å². The Morgan fingerprint density at radius 2 is 1.08 bits per heavy atom. The van der Waals surface area contributed by atoms with Crippen LogP contribution >= 0.6 is 24.4 Å². The summed E-state index contributed by atoms with van der Waals surface area (Å²) < 4.78 is 3.78. The second-order valence-corrected chi connectivity index (χ2v) is 8.82. The first-order chi connectivity index (χ1) is 17.5. The van der Waals surface area contributed by atoms with Gasteiger partial charge < -0.3 is 0 Å². The second kappa shape index (κ2) is 10.1. The minimum atomic E-state index is 0.353. The first-order valence-electron chi connectivity index (χ1n) is 11.0. The number of hydrogen-bond donors (Lipinski definition) is 2. The van der Waals surface area contributed by atoms with Crippen LogP contribution in [0.15, 0.2) is 76.9 Å². The van der Waals surface area contributed by atoms with Gasteiger partial charge in [-0.3, -0.25) is 0 Å². The molecule has 3 aromatic heterocycles. The number of aromatic amines is 2. The van der Waals surface area contributed by atoms with Crippen molar-refractivity contribution in [3.05, 3.63) is 98.5 Å². The van der Waals surface area contributed by atoms with Crippen molar-refractivity contribution in [2.75, 3.05) is 0 Å². The van der Waals surface area contributed by atoms with Gasteiger partial charge in [-0.15, -0.1) is 0 Å². The van der Waals surface area contributed by atoms with Crippen LogP contribution in [0.4, 0.5) is 0 Å². The second-order valence-electron chi connectivity index (χ2n) is 8.05. The number of nitrogens with one attached hydrogen (secondary N) is 2. The number of rotatable bonds is 6. The van der Waals surface area contributed by atoms with Crippen LogP contribution in [0.2, 0.25) is 0 Å². The van der Waals surface area contributed by atoms with Crippen LogP contribution in [0, 0.1) is 23.4 Å². The molecule has 0 fully saturated rings. The fraction of sp³-hybridized carbons (Fsp3) is 0.0800. The number of aromatic nitrogens is 7. The summed E-state index contributed by atoms with van der Waals surface area (Å²) in [7, 11) is 0. The van der Waals surface area contributed by atoms with Gasteiger partial charge in [0.05, 0.1) is 12.4 Å². The zero-order valence-electron chi connectivity index (χ0n) is 19.5. The number of nitrogens with zero attached hydrogens (tertiary/aromatic N) is 7. The normalized spacial score (nSPS) is 11.6. The molecule has 0 aliphatic rings. The molecule has 0 unspecified atom stereocenters. The van der Waals surface area contributed by atoms with E-state index in [1.54, 1.807) is 12.4 Å². The molecule has 0 aliphatic heterocycles. The quantitative estimate of drug-likeness (QED) is 0.238. The first-order valence-corrected chi connectivity index (χ1v) is 11.8. The number of hydrogen-bond acceptors (Lipinski definition) is 7. The maximum absolute atomic E-state index is 5.40. The third-order valence-corrected chi connectivity index (χ3v) is 5.84. The molecule has 0 radical (unpaired) electrons. The minimum absolute atomic E-state index is 0.353. The lowest BCUT2D eigenvalue weighted by molar-refractivity contribution is 0.860. The van der Waals surface area contributed by atoms with Crippen molar-refractivity contribution >= 4 is 36.9 Å². The monoisotopic (exact) mass is 511 g/mol. The molecular formula is C25H21N9S2. The van der Waals surface area contributed by atoms with E-state index in [4.69, 9.17) is 29.4 Å². The Hall–Kier alpha value is -4.35. The summed E-state index contributed by atoms with van der Waals surface area (Å²) in [6, 6.07) is 21.6. The number of pyridine rings is 1. The van der Waals surface area contributed by atoms with E-state index >= 15 is 0 Å². The third kappa shape index (κ3) is 5.02. The van der Waals surface area contributed by atoms with Gasteiger partial charge in [0.2, 0.25) is 21.2 Å². The van der Waals surface area contributed by atoms with Gasteiger partial charge >= 0.3 is 0 Å². The Kier molecular flexibility index (Phi) is 6.56. The zero-order chi connectivity index (χ0) is 25.1. The topological polar surface area (TPSA) is 105 Å². The first kappa shape index (κ1) is 23.4. The predicted octanol–water partition coefficient (Wildman–Crippen LogP) is 5.31. The highest BCUT2D eigenvalue weighted by molar-refractivity contribution is 7.71. The van der Waals surface area contributed by atoms with Gasteiger partial charge in [-0.2, -0.15) is 29.8 Å². The van der Waals surface area contributed by atoms with E-state index in [1.807, 2.05) is 80.6 Å². The van der Waals surface area contributed by atoms with Crippen LogP contribution in [0.1, 0.15) is 22.3 Å². The Balaban J connectivity index is 1.49. The molecule has 5 rings (SSSR count). The molecule has 2 aromatic carbocycles. The molecule has 0 atom stereocenters. The van der Waals surface area contributed by atoms with Crippen molar-refractivity contribution in [3.63, 3.8) is 0 Å². The fourth-order valence-corrected chi connectivity index (χ4v) is 3.73. The molecule has 0 spiro atoms. The van der Waals surface area contributed by atoms with E-state index in [1.165, 1.54) is 20.5 Å². The highest BCUT2D eigenvalue weighted by Crippen LogP contribution is 2.21. The van der Waals surface area contributed by atoms with E-state index in [0.717, 1.165) is 11.1 Å². The van der Waals surface area contributed by atoms with E-state index in [0.29, 0.717) is 32.6 Å². The molecular weight excluding hydrogens is 490 g/mol. The third-order valence-electron chi connectivity index (χ3n) is 5.31. The van der Waals surface area contributed by atoms with Gasteiger partial charge in [0, 0.05) is 0 Å². The summed E-state index contributed by atoms with van der Waals surface area (Å²) in [6.45, 7) is 4.07. The van der Waals surface area contributed by atoms with Gasteiger partial charge in [0.15, 0.2) is 0 Å². The Morgan fingerprint density at radius 1 is 0.667 bits per heavy atom. The standard InChI is InChI=1S/C25H21N9S2/c1-16-6-10-18(11-7-16)14-26-33-22(29-31-24(33)35)20-4-3-5-21(28-20)23-30-32-25(36)34(23)27-15-19-12-8-17(2)9-13-19/h3-15H,1-2H3,(H,31,35)(H,32,36)/b26-14+,27-15+. The molecule has 9 nitrogen and oxygen atoms in total. The Labute approximate surface area is 216 Å². The van der Waals surface area contributed by atoms with Crippen molar-refractivity contribution < 1.29 is 0 Å². The molecule has 0 amide bonds. The van der Waals surface area contributed by atoms with Crippen molar-refractivity contribution in [3.8, 4) is 23.0 Å². The predicted molar refractivity (Wildman–Crippen MR) is 145 cm³/mol. The average molecular weight is 512 g/mol. The molecule has 11 heteroatoms. The smallest absolute Gasteiger partial charge is 0.216 e. The Morgan fingerprint density at radius 3 is 1.50 bits per heavy atom. The molecule has 0 saturated carbocycles. The van der Waals surface area contributed by atoms with Gasteiger partial charge in [0.25, 0.3) is 0 Å². The van der Waals surface area contributed by atoms with Crippen LogP contribution in [-0.2, 0) is 0 Å². The largest absolute Gasteiger partial charge is 0.250 e. The lowest BCUT2D eigenvalue weighted by Crippen LogP contribution is -2.00. The summed E-state index contributed by atoms with van der Waals surface area (Å²) in [4.78, 5) is 4.75. The summed E-state index contributed by atoms with van der Waals surface area (Å²) in [6.07, 6.45) is 3.45. The SMILES string of the molecule is Cc1ccc(/C=N/n2c(-c3cccc(-c4n[nH]c(=S)n4/N=C/c4ccc(C)cc4)n3)n[nH]c2=S)cc1. The maximum atomic E-state index is 5.40. The van der Waals surface area contributed by atoms with Crippen LogP contribution < -0.4 is 0 Å². The summed E-state index contributed by atoms with van der Waals surface area (Å²) in [5.74, 6) is 0.933. The highest BCUT2D eigenvalue weighted by atomic mass is 32.1. The van der Waals surface area contributed by atoms with Crippen molar-refractivity contribution in [1.82, 2.24) is 34.7 Å². The van der Waals surface area contributed by atoms with Crippen LogP contribution in [0.25, 0.3) is 23.0 Å². The number of aryl methyl sites for hydroxylation is 2. The molecule has 178 valence electrons. The van der Waals surface area contributed by atoms with E-state index in [2.05, 4.69) is 30.6 Å². The van der Waals surface area contributed by atoms with E-state index < -0.39 is 0 Å². The van der Waals surface area contributed by atoms with E-state index in [9.17, 15) is 0 Å². The van der Waals surface area contributed by atoms with Gasteiger partial charge in [-0.1, -0.05) is 65.7 Å². The lowest BCUT2D eigenvalue weighted by Gasteiger charge is -2.04. The van der Waals surface area contributed by atoms with Gasteiger partial charge in [-0.05, 0) is 61.5 Å². The molecule has 36 heavy (non-hydrogen) atoms. The van der Waals surface area contributed by atoms with Crippen molar-refractivity contribution in [2.24, 2.45) is 10.2 Å². The number of H-pyrrole nitrogens is 2. The highest BCUT2D eigenvalue weighted by Gasteiger charge is 2.14. The van der Waals surface area contributed by atoms with Crippen molar-refractivity contribution in [2.45, 2.75) is 13.8 Å². The van der Waals surface area contributed by atoms with Crippen molar-refractivity contribution in [1.29, 1.82) is 0 Å². The van der Waals surface area contributed by atoms with Crippen LogP contribution in [0.5, 0.6) is 0 Å².